The van der Waals surface area contributed by atoms with E-state index >= 15 is 0 Å². The zero-order chi connectivity index (χ0) is 13.9. The monoisotopic (exact) mass is 282 g/mol. The first-order valence-corrected chi connectivity index (χ1v) is 6.96. The van der Waals surface area contributed by atoms with Gasteiger partial charge in [0.05, 0.1) is 12.7 Å². The first kappa shape index (κ1) is 13.5. The molecule has 0 amide bonds. The topological polar surface area (TPSA) is 88.3 Å². The van der Waals surface area contributed by atoms with E-state index < -0.39 is 10.0 Å². The van der Waals surface area contributed by atoms with Gasteiger partial charge in [-0.1, -0.05) is 5.16 Å². The third-order valence-corrected chi connectivity index (χ3v) is 4.25. The lowest BCUT2D eigenvalue weighted by Gasteiger charge is -2.11. The largest absolute Gasteiger partial charge is 0.363 e. The van der Waals surface area contributed by atoms with Crippen LogP contribution in [0.4, 0.5) is 5.82 Å². The minimum absolute atomic E-state index is 0.155. The van der Waals surface area contributed by atoms with Gasteiger partial charge in [-0.2, -0.15) is 0 Å². The summed E-state index contributed by atoms with van der Waals surface area (Å²) < 4.78 is 29.7. The summed E-state index contributed by atoms with van der Waals surface area (Å²) in [7, 11) is -0.482. The van der Waals surface area contributed by atoms with Crippen molar-refractivity contribution in [2.45, 2.75) is 11.4 Å². The predicted molar refractivity (Wildman–Crippen MR) is 68.9 cm³/mol. The van der Waals surface area contributed by atoms with Crippen molar-refractivity contribution in [1.82, 2.24) is 14.4 Å². The highest BCUT2D eigenvalue weighted by Gasteiger charge is 2.17. The Morgan fingerprint density at radius 3 is 2.63 bits per heavy atom. The van der Waals surface area contributed by atoms with Gasteiger partial charge in [-0.3, -0.25) is 0 Å². The number of anilines is 1. The summed E-state index contributed by atoms with van der Waals surface area (Å²) in [6.07, 6.45) is 2.87. The Kier molecular flexibility index (Phi) is 3.82. The van der Waals surface area contributed by atoms with E-state index in [0.29, 0.717) is 18.1 Å². The summed E-state index contributed by atoms with van der Waals surface area (Å²) in [5, 5.41) is 6.58. The fraction of sp³-hybridized carbons (Fsp3) is 0.273. The molecule has 0 saturated heterocycles. The summed E-state index contributed by atoms with van der Waals surface area (Å²) in [4.78, 5) is 4.20. The molecule has 0 aliphatic heterocycles. The van der Waals surface area contributed by atoms with Gasteiger partial charge in [-0.25, -0.2) is 17.7 Å². The summed E-state index contributed by atoms with van der Waals surface area (Å²) in [5.41, 5.74) is 0. The van der Waals surface area contributed by atoms with Crippen LogP contribution in [-0.2, 0) is 16.6 Å². The van der Waals surface area contributed by atoms with Crippen LogP contribution in [0.25, 0.3) is 0 Å². The SMILES string of the molecule is CN(C)S(=O)(=O)c1ccc(NCc2ccno2)nc1. The van der Waals surface area contributed by atoms with Crippen molar-refractivity contribution in [2.75, 3.05) is 19.4 Å². The molecule has 0 radical (unpaired) electrons. The normalized spacial score (nSPS) is 11.7. The lowest BCUT2D eigenvalue weighted by atomic mass is 10.4. The number of hydrogen-bond donors (Lipinski definition) is 1. The third kappa shape index (κ3) is 3.09. The molecule has 0 aliphatic rings. The van der Waals surface area contributed by atoms with Gasteiger partial charge >= 0.3 is 0 Å². The van der Waals surface area contributed by atoms with Crippen molar-refractivity contribution in [3.05, 3.63) is 36.4 Å². The second-order valence-electron chi connectivity index (χ2n) is 4.00. The van der Waals surface area contributed by atoms with Gasteiger partial charge in [0.2, 0.25) is 10.0 Å². The van der Waals surface area contributed by atoms with Crippen LogP contribution >= 0.6 is 0 Å². The fourth-order valence-electron chi connectivity index (χ4n) is 1.36. The molecule has 19 heavy (non-hydrogen) atoms. The van der Waals surface area contributed by atoms with Crippen LogP contribution in [0.1, 0.15) is 5.76 Å². The van der Waals surface area contributed by atoms with Crippen molar-refractivity contribution in [3.8, 4) is 0 Å². The van der Waals surface area contributed by atoms with Crippen LogP contribution in [0.15, 0.2) is 40.0 Å². The van der Waals surface area contributed by atoms with E-state index in [1.165, 1.54) is 26.4 Å². The average Bonchev–Trinajstić information content (AvgIpc) is 2.90. The van der Waals surface area contributed by atoms with Gasteiger partial charge in [-0.05, 0) is 12.1 Å². The summed E-state index contributed by atoms with van der Waals surface area (Å²) in [5.74, 6) is 1.24. The number of rotatable bonds is 5. The molecule has 102 valence electrons. The summed E-state index contributed by atoms with van der Waals surface area (Å²) in [6.45, 7) is 0.437. The molecular weight excluding hydrogens is 268 g/mol. The van der Waals surface area contributed by atoms with Crippen molar-refractivity contribution in [1.29, 1.82) is 0 Å². The Hall–Kier alpha value is -1.93. The van der Waals surface area contributed by atoms with Crippen molar-refractivity contribution < 1.29 is 12.9 Å². The van der Waals surface area contributed by atoms with Gasteiger partial charge in [-0.15, -0.1) is 0 Å². The summed E-state index contributed by atoms with van der Waals surface area (Å²) in [6, 6.07) is 4.84. The molecule has 0 fully saturated rings. The fourth-order valence-corrected chi connectivity index (χ4v) is 2.21. The van der Waals surface area contributed by atoms with E-state index in [4.69, 9.17) is 4.52 Å². The Bertz CT molecular complexity index is 620. The molecule has 0 aromatic carbocycles. The highest BCUT2D eigenvalue weighted by atomic mass is 32.2. The lowest BCUT2D eigenvalue weighted by Crippen LogP contribution is -2.22. The Morgan fingerprint density at radius 2 is 2.11 bits per heavy atom. The standard InChI is InChI=1S/C11H14N4O3S/c1-15(2)19(16,17)10-3-4-11(13-8-10)12-7-9-5-6-14-18-9/h3-6,8H,7H2,1-2H3,(H,12,13). The van der Waals surface area contributed by atoms with Crippen LogP contribution in [0, 0.1) is 0 Å². The van der Waals surface area contributed by atoms with E-state index in [9.17, 15) is 8.42 Å². The van der Waals surface area contributed by atoms with E-state index in [2.05, 4.69) is 15.5 Å². The molecule has 0 aliphatic carbocycles. The number of aromatic nitrogens is 2. The van der Waals surface area contributed by atoms with Crippen molar-refractivity contribution in [3.63, 3.8) is 0 Å². The van der Waals surface area contributed by atoms with Crippen molar-refractivity contribution >= 4 is 15.8 Å². The smallest absolute Gasteiger partial charge is 0.244 e. The van der Waals surface area contributed by atoms with Gasteiger partial charge in [0.15, 0.2) is 5.76 Å². The van der Waals surface area contributed by atoms with Crippen LogP contribution in [-0.4, -0.2) is 37.0 Å². The highest BCUT2D eigenvalue weighted by Crippen LogP contribution is 2.14. The Labute approximate surface area is 111 Å². The maximum atomic E-state index is 11.8. The van der Waals surface area contributed by atoms with Crippen molar-refractivity contribution in [2.24, 2.45) is 0 Å². The second-order valence-corrected chi connectivity index (χ2v) is 6.15. The zero-order valence-corrected chi connectivity index (χ0v) is 11.4. The zero-order valence-electron chi connectivity index (χ0n) is 10.6. The van der Waals surface area contributed by atoms with E-state index in [1.807, 2.05) is 0 Å². The number of hydrogen-bond acceptors (Lipinski definition) is 6. The molecular formula is C11H14N4O3S. The van der Waals surface area contributed by atoms with Gasteiger partial charge in [0.1, 0.15) is 10.7 Å². The summed E-state index contributed by atoms with van der Waals surface area (Å²) >= 11 is 0. The molecule has 2 aromatic rings. The number of nitrogens with zero attached hydrogens (tertiary/aromatic N) is 3. The quantitative estimate of drug-likeness (QED) is 0.877. The first-order valence-electron chi connectivity index (χ1n) is 5.52. The molecule has 8 heteroatoms. The predicted octanol–water partition coefficient (Wildman–Crippen LogP) is 0.932. The molecule has 7 nitrogen and oxygen atoms in total. The third-order valence-electron chi connectivity index (χ3n) is 2.45. The van der Waals surface area contributed by atoms with Crippen LogP contribution < -0.4 is 5.32 Å². The van der Waals surface area contributed by atoms with Gasteiger partial charge in [0, 0.05) is 26.4 Å². The average molecular weight is 282 g/mol. The molecule has 0 bridgehead atoms. The molecule has 0 atom stereocenters. The highest BCUT2D eigenvalue weighted by molar-refractivity contribution is 7.89. The lowest BCUT2D eigenvalue weighted by molar-refractivity contribution is 0.388. The van der Waals surface area contributed by atoms with E-state index in [0.717, 1.165) is 4.31 Å². The Morgan fingerprint density at radius 1 is 1.32 bits per heavy atom. The molecule has 2 heterocycles. The minimum Gasteiger partial charge on any atom is -0.363 e. The maximum absolute atomic E-state index is 11.8. The molecule has 1 N–H and O–H groups in total. The number of pyridine rings is 1. The van der Waals surface area contributed by atoms with Crippen LogP contribution in [0.2, 0.25) is 0 Å². The Balaban J connectivity index is 2.07. The number of nitrogens with one attached hydrogen (secondary N) is 1. The first-order chi connectivity index (χ1) is 9.00. The molecule has 0 unspecified atom stereocenters. The maximum Gasteiger partial charge on any atom is 0.244 e. The second kappa shape index (κ2) is 5.37. The van der Waals surface area contributed by atoms with E-state index in [1.54, 1.807) is 18.3 Å². The van der Waals surface area contributed by atoms with E-state index in [-0.39, 0.29) is 4.90 Å². The molecule has 0 spiro atoms. The van der Waals surface area contributed by atoms with Crippen LogP contribution in [0.3, 0.4) is 0 Å². The molecule has 2 rings (SSSR count). The van der Waals surface area contributed by atoms with Gasteiger partial charge < -0.3 is 9.84 Å². The molecule has 2 aromatic heterocycles. The number of sulfonamides is 1. The van der Waals surface area contributed by atoms with Gasteiger partial charge in [0.25, 0.3) is 0 Å². The molecule has 0 saturated carbocycles. The van der Waals surface area contributed by atoms with Crippen LogP contribution in [0.5, 0.6) is 0 Å². The minimum atomic E-state index is -3.44.